The lowest BCUT2D eigenvalue weighted by Gasteiger charge is -2.11. The first-order valence-electron chi connectivity index (χ1n) is 4.33. The van der Waals surface area contributed by atoms with E-state index in [0.29, 0.717) is 6.47 Å². The first kappa shape index (κ1) is 8.74. The van der Waals surface area contributed by atoms with Crippen molar-refractivity contribution in [2.45, 2.75) is 13.2 Å². The van der Waals surface area contributed by atoms with Crippen LogP contribution in [0.5, 0.6) is 0 Å². The molecular formula is C10H10N2O2. The van der Waals surface area contributed by atoms with Crippen molar-refractivity contribution in [3.05, 3.63) is 30.6 Å². The molecule has 0 fully saturated rings. The van der Waals surface area contributed by atoms with Gasteiger partial charge in [-0.25, -0.2) is 4.98 Å². The monoisotopic (exact) mass is 190 g/mol. The van der Waals surface area contributed by atoms with E-state index in [1.165, 1.54) is 0 Å². The Morgan fingerprint density at radius 3 is 3.21 bits per heavy atom. The molecule has 2 rings (SSSR count). The number of fused-ring (bicyclic) bond motifs is 1. The van der Waals surface area contributed by atoms with E-state index in [1.807, 2.05) is 29.0 Å². The summed E-state index contributed by atoms with van der Waals surface area (Å²) in [7, 11) is 0. The summed E-state index contributed by atoms with van der Waals surface area (Å²) in [5, 5.41) is 1.04. The lowest BCUT2D eigenvalue weighted by Crippen LogP contribution is -2.07. The van der Waals surface area contributed by atoms with E-state index in [1.54, 1.807) is 13.1 Å². The summed E-state index contributed by atoms with van der Waals surface area (Å²) < 4.78 is 6.65. The van der Waals surface area contributed by atoms with Crippen molar-refractivity contribution in [1.29, 1.82) is 0 Å². The molecule has 0 radical (unpaired) electrons. The van der Waals surface area contributed by atoms with Gasteiger partial charge < -0.3 is 4.74 Å². The Morgan fingerprint density at radius 1 is 1.57 bits per heavy atom. The maximum atomic E-state index is 10.2. The third kappa shape index (κ3) is 1.35. The van der Waals surface area contributed by atoms with Gasteiger partial charge in [0.05, 0.1) is 0 Å². The Morgan fingerprint density at radius 2 is 2.43 bits per heavy atom. The molecule has 0 saturated heterocycles. The van der Waals surface area contributed by atoms with Gasteiger partial charge in [-0.3, -0.25) is 9.36 Å². The maximum absolute atomic E-state index is 10.2. The van der Waals surface area contributed by atoms with Gasteiger partial charge in [0.25, 0.3) is 6.47 Å². The van der Waals surface area contributed by atoms with Gasteiger partial charge in [0.1, 0.15) is 5.65 Å². The van der Waals surface area contributed by atoms with E-state index < -0.39 is 0 Å². The van der Waals surface area contributed by atoms with Crippen molar-refractivity contribution >= 4 is 17.5 Å². The largest absolute Gasteiger partial charge is 0.444 e. The number of carbonyl (C=O) groups excluding carboxylic acids is 1. The fourth-order valence-corrected chi connectivity index (χ4v) is 1.43. The second-order valence-corrected chi connectivity index (χ2v) is 2.97. The number of carbonyl (C=O) groups is 1. The number of hydrogen-bond donors (Lipinski definition) is 0. The molecule has 0 aliphatic heterocycles. The van der Waals surface area contributed by atoms with E-state index >= 15 is 0 Å². The molecule has 0 spiro atoms. The predicted molar refractivity (Wildman–Crippen MR) is 51.6 cm³/mol. The SMILES string of the molecule is CC(OC=O)n1ccc2cccnc21. The molecule has 4 heteroatoms. The van der Waals surface area contributed by atoms with Gasteiger partial charge in [-0.1, -0.05) is 0 Å². The minimum Gasteiger partial charge on any atom is -0.444 e. The summed E-state index contributed by atoms with van der Waals surface area (Å²) in [6.07, 6.45) is 3.25. The molecular weight excluding hydrogens is 180 g/mol. The van der Waals surface area contributed by atoms with Crippen LogP contribution in [0.4, 0.5) is 0 Å². The lowest BCUT2D eigenvalue weighted by atomic mass is 10.3. The van der Waals surface area contributed by atoms with Crippen LogP contribution in [-0.2, 0) is 9.53 Å². The Balaban J connectivity index is 2.47. The molecule has 2 aromatic heterocycles. The molecule has 2 heterocycles. The first-order valence-corrected chi connectivity index (χ1v) is 4.33. The number of nitrogens with zero attached hydrogens (tertiary/aromatic N) is 2. The molecule has 0 saturated carbocycles. The summed E-state index contributed by atoms with van der Waals surface area (Å²) in [5.74, 6) is 0. The molecule has 0 aliphatic rings. The molecule has 0 amide bonds. The normalized spacial score (nSPS) is 12.6. The fourth-order valence-electron chi connectivity index (χ4n) is 1.43. The molecule has 0 bridgehead atoms. The summed E-state index contributed by atoms with van der Waals surface area (Å²) in [6, 6.07) is 5.78. The van der Waals surface area contributed by atoms with Gasteiger partial charge in [0.15, 0.2) is 6.23 Å². The van der Waals surface area contributed by atoms with Crippen LogP contribution in [0.1, 0.15) is 13.2 Å². The highest BCUT2D eigenvalue weighted by Gasteiger charge is 2.08. The molecule has 0 aliphatic carbocycles. The molecule has 4 nitrogen and oxygen atoms in total. The Labute approximate surface area is 81.1 Å². The maximum Gasteiger partial charge on any atom is 0.295 e. The minimum absolute atomic E-state index is 0.320. The van der Waals surface area contributed by atoms with Gasteiger partial charge in [-0.15, -0.1) is 0 Å². The van der Waals surface area contributed by atoms with Crippen molar-refractivity contribution < 1.29 is 9.53 Å². The second kappa shape index (κ2) is 3.49. The first-order chi connectivity index (χ1) is 6.83. The summed E-state index contributed by atoms with van der Waals surface area (Å²) in [5.41, 5.74) is 0.821. The highest BCUT2D eigenvalue weighted by atomic mass is 16.5. The van der Waals surface area contributed by atoms with Crippen LogP contribution in [0, 0.1) is 0 Å². The van der Waals surface area contributed by atoms with Crippen LogP contribution in [0.15, 0.2) is 30.6 Å². The highest BCUT2D eigenvalue weighted by molar-refractivity contribution is 5.75. The number of rotatable bonds is 3. The minimum atomic E-state index is -0.320. The summed E-state index contributed by atoms with van der Waals surface area (Å²) >= 11 is 0. The third-order valence-corrected chi connectivity index (χ3v) is 2.12. The molecule has 0 N–H and O–H groups in total. The average Bonchev–Trinajstić information content (AvgIpc) is 2.61. The quantitative estimate of drug-likeness (QED) is 0.692. The molecule has 14 heavy (non-hydrogen) atoms. The van der Waals surface area contributed by atoms with Crippen molar-refractivity contribution in [2.24, 2.45) is 0 Å². The van der Waals surface area contributed by atoms with E-state index in [9.17, 15) is 4.79 Å². The predicted octanol–water partition coefficient (Wildman–Crippen LogP) is 1.73. The van der Waals surface area contributed by atoms with Gasteiger partial charge in [0, 0.05) is 17.8 Å². The number of pyridine rings is 1. The van der Waals surface area contributed by atoms with E-state index in [-0.39, 0.29) is 6.23 Å². The van der Waals surface area contributed by atoms with Crippen LogP contribution in [0.3, 0.4) is 0 Å². The lowest BCUT2D eigenvalue weighted by molar-refractivity contribution is -0.136. The number of aromatic nitrogens is 2. The van der Waals surface area contributed by atoms with Crippen molar-refractivity contribution in [1.82, 2.24) is 9.55 Å². The van der Waals surface area contributed by atoms with Crippen LogP contribution >= 0.6 is 0 Å². The zero-order chi connectivity index (χ0) is 9.97. The van der Waals surface area contributed by atoms with Crippen molar-refractivity contribution in [3.63, 3.8) is 0 Å². The Bertz CT molecular complexity index is 450. The van der Waals surface area contributed by atoms with Crippen LogP contribution in [0.25, 0.3) is 11.0 Å². The van der Waals surface area contributed by atoms with E-state index in [4.69, 9.17) is 4.74 Å². The van der Waals surface area contributed by atoms with Crippen LogP contribution in [0.2, 0.25) is 0 Å². The Kier molecular flexibility index (Phi) is 2.18. The second-order valence-electron chi connectivity index (χ2n) is 2.97. The van der Waals surface area contributed by atoms with Crippen LogP contribution < -0.4 is 0 Å². The number of hydrogen-bond acceptors (Lipinski definition) is 3. The molecule has 1 unspecified atom stereocenters. The summed E-state index contributed by atoms with van der Waals surface area (Å²) in [6.45, 7) is 2.24. The zero-order valence-corrected chi connectivity index (χ0v) is 7.75. The molecule has 72 valence electrons. The Hall–Kier alpha value is -1.84. The highest BCUT2D eigenvalue weighted by Crippen LogP contribution is 2.17. The van der Waals surface area contributed by atoms with Crippen LogP contribution in [-0.4, -0.2) is 16.0 Å². The fraction of sp³-hybridized carbons (Fsp3) is 0.200. The number of ether oxygens (including phenoxy) is 1. The van der Waals surface area contributed by atoms with Crippen molar-refractivity contribution in [2.75, 3.05) is 0 Å². The zero-order valence-electron chi connectivity index (χ0n) is 7.75. The van der Waals surface area contributed by atoms with Gasteiger partial charge in [-0.2, -0.15) is 0 Å². The topological polar surface area (TPSA) is 44.1 Å². The van der Waals surface area contributed by atoms with E-state index in [2.05, 4.69) is 4.98 Å². The standard InChI is InChI=1S/C10H10N2O2/c1-8(14-7-13)12-6-4-9-3-2-5-11-10(9)12/h2-8H,1H3. The molecule has 1 atom stereocenters. The van der Waals surface area contributed by atoms with Gasteiger partial charge in [-0.05, 0) is 25.1 Å². The molecule has 2 aromatic rings. The molecule has 0 aromatic carbocycles. The van der Waals surface area contributed by atoms with E-state index in [0.717, 1.165) is 11.0 Å². The smallest absolute Gasteiger partial charge is 0.295 e. The van der Waals surface area contributed by atoms with Gasteiger partial charge in [0.2, 0.25) is 0 Å². The average molecular weight is 190 g/mol. The summed E-state index contributed by atoms with van der Waals surface area (Å²) in [4.78, 5) is 14.4. The van der Waals surface area contributed by atoms with Crippen molar-refractivity contribution in [3.8, 4) is 0 Å². The third-order valence-electron chi connectivity index (χ3n) is 2.12. The van der Waals surface area contributed by atoms with Gasteiger partial charge >= 0.3 is 0 Å².